The van der Waals surface area contributed by atoms with Gasteiger partial charge < -0.3 is 19.9 Å². The summed E-state index contributed by atoms with van der Waals surface area (Å²) in [7, 11) is 0. The van der Waals surface area contributed by atoms with Gasteiger partial charge in [0.05, 0.1) is 29.0 Å². The van der Waals surface area contributed by atoms with Crippen molar-refractivity contribution in [1.29, 1.82) is 0 Å². The molecular formula is C23H25FN6OS. The molecule has 2 aliphatic heterocycles. The van der Waals surface area contributed by atoms with E-state index in [1.54, 1.807) is 17.4 Å². The Morgan fingerprint density at radius 3 is 2.75 bits per heavy atom. The lowest BCUT2D eigenvalue weighted by atomic mass is 10.1. The van der Waals surface area contributed by atoms with Crippen molar-refractivity contribution in [2.24, 2.45) is 0 Å². The van der Waals surface area contributed by atoms with Crippen LogP contribution in [0.3, 0.4) is 0 Å². The van der Waals surface area contributed by atoms with Gasteiger partial charge in [-0.05, 0) is 24.3 Å². The number of anilines is 1. The molecule has 0 atom stereocenters. The van der Waals surface area contributed by atoms with Gasteiger partial charge in [-0.15, -0.1) is 11.3 Å². The number of H-pyrrole nitrogens is 1. The van der Waals surface area contributed by atoms with Crippen molar-refractivity contribution in [1.82, 2.24) is 25.2 Å². The standard InChI is InChI=1S/C23H25FN6OS/c24-17-1-2-18-16(3-4-26-18)20(17)22-27-19-13-15(14-29-7-5-25-6-8-29)32-21(19)23(28-22)30-9-11-31-12-10-30/h1-4,13,25-26H,5-12,14H2. The molecule has 0 aliphatic carbocycles. The highest BCUT2D eigenvalue weighted by atomic mass is 32.1. The Morgan fingerprint density at radius 1 is 1.06 bits per heavy atom. The van der Waals surface area contributed by atoms with Gasteiger partial charge in [-0.3, -0.25) is 4.90 Å². The average molecular weight is 453 g/mol. The first-order chi connectivity index (χ1) is 15.8. The monoisotopic (exact) mass is 452 g/mol. The summed E-state index contributed by atoms with van der Waals surface area (Å²) in [5.41, 5.74) is 2.22. The number of thiophene rings is 1. The van der Waals surface area contributed by atoms with Gasteiger partial charge in [0.1, 0.15) is 5.82 Å². The quantitative estimate of drug-likeness (QED) is 0.496. The highest BCUT2D eigenvalue weighted by molar-refractivity contribution is 7.19. The van der Waals surface area contributed by atoms with Gasteiger partial charge in [0, 0.05) is 67.8 Å². The maximum Gasteiger partial charge on any atom is 0.165 e. The molecule has 0 bridgehead atoms. The van der Waals surface area contributed by atoms with Crippen LogP contribution in [0, 0.1) is 5.82 Å². The minimum Gasteiger partial charge on any atom is -0.378 e. The van der Waals surface area contributed by atoms with Crippen LogP contribution in [-0.4, -0.2) is 72.3 Å². The van der Waals surface area contributed by atoms with E-state index in [-0.39, 0.29) is 5.82 Å². The van der Waals surface area contributed by atoms with Gasteiger partial charge in [-0.1, -0.05) is 0 Å². The van der Waals surface area contributed by atoms with E-state index in [0.29, 0.717) is 24.6 Å². The summed E-state index contributed by atoms with van der Waals surface area (Å²) in [5.74, 6) is 1.02. The summed E-state index contributed by atoms with van der Waals surface area (Å²) in [6, 6.07) is 7.29. The number of aromatic nitrogens is 3. The first-order valence-corrected chi connectivity index (χ1v) is 11.9. The molecule has 4 aromatic rings. The molecule has 1 aromatic carbocycles. The van der Waals surface area contributed by atoms with E-state index in [9.17, 15) is 0 Å². The smallest absolute Gasteiger partial charge is 0.165 e. The molecule has 0 spiro atoms. The summed E-state index contributed by atoms with van der Waals surface area (Å²) in [4.78, 5) is 18.9. The molecule has 7 nitrogen and oxygen atoms in total. The summed E-state index contributed by atoms with van der Waals surface area (Å²) >= 11 is 1.76. The number of aromatic amines is 1. The normalized spacial score (nSPS) is 18.1. The van der Waals surface area contributed by atoms with Crippen molar-refractivity contribution in [2.45, 2.75) is 6.54 Å². The Morgan fingerprint density at radius 2 is 1.91 bits per heavy atom. The van der Waals surface area contributed by atoms with E-state index in [4.69, 9.17) is 14.7 Å². The van der Waals surface area contributed by atoms with Crippen molar-refractivity contribution in [3.8, 4) is 11.4 Å². The lowest BCUT2D eigenvalue weighted by Crippen LogP contribution is -2.42. The third kappa shape index (κ3) is 3.65. The zero-order chi connectivity index (χ0) is 21.5. The van der Waals surface area contributed by atoms with Crippen molar-refractivity contribution in [3.05, 3.63) is 41.2 Å². The van der Waals surface area contributed by atoms with Crippen molar-refractivity contribution in [3.63, 3.8) is 0 Å². The largest absolute Gasteiger partial charge is 0.378 e. The lowest BCUT2D eigenvalue weighted by molar-refractivity contribution is 0.122. The van der Waals surface area contributed by atoms with Crippen LogP contribution in [0.5, 0.6) is 0 Å². The predicted molar refractivity (Wildman–Crippen MR) is 126 cm³/mol. The topological polar surface area (TPSA) is 69.3 Å². The number of halogens is 1. The SMILES string of the molecule is Fc1ccc2[nH]ccc2c1-c1nc(N2CCOCC2)c2sc(CN3CCNCC3)cc2n1. The molecule has 2 fully saturated rings. The molecule has 0 amide bonds. The number of nitrogens with zero attached hydrogens (tertiary/aromatic N) is 4. The van der Waals surface area contributed by atoms with Gasteiger partial charge in [-0.25, -0.2) is 14.4 Å². The molecule has 3 aromatic heterocycles. The summed E-state index contributed by atoms with van der Waals surface area (Å²) in [5, 5.41) is 4.20. The van der Waals surface area contributed by atoms with Crippen LogP contribution in [0.4, 0.5) is 10.2 Å². The summed E-state index contributed by atoms with van der Waals surface area (Å²) in [6.45, 7) is 7.92. The zero-order valence-corrected chi connectivity index (χ0v) is 18.6. The third-order valence-corrected chi connectivity index (χ3v) is 7.32. The van der Waals surface area contributed by atoms with E-state index in [1.165, 1.54) is 10.9 Å². The predicted octanol–water partition coefficient (Wildman–Crippen LogP) is 3.22. The summed E-state index contributed by atoms with van der Waals surface area (Å²) in [6.07, 6.45) is 1.82. The van der Waals surface area contributed by atoms with E-state index in [0.717, 1.165) is 72.8 Å². The molecule has 9 heteroatoms. The van der Waals surface area contributed by atoms with Crippen LogP contribution >= 0.6 is 11.3 Å². The second-order valence-electron chi connectivity index (χ2n) is 8.28. The molecule has 2 aliphatic rings. The molecule has 0 saturated carbocycles. The second kappa shape index (κ2) is 8.40. The van der Waals surface area contributed by atoms with E-state index in [1.807, 2.05) is 12.3 Å². The Balaban J connectivity index is 1.48. The van der Waals surface area contributed by atoms with Crippen LogP contribution in [0.25, 0.3) is 32.5 Å². The highest BCUT2D eigenvalue weighted by Gasteiger charge is 2.23. The second-order valence-corrected chi connectivity index (χ2v) is 9.42. The van der Waals surface area contributed by atoms with Crippen LogP contribution < -0.4 is 10.2 Å². The van der Waals surface area contributed by atoms with Crippen LogP contribution in [0.1, 0.15) is 4.88 Å². The molecule has 5 heterocycles. The number of rotatable bonds is 4. The number of ether oxygens (including phenoxy) is 1. The lowest BCUT2D eigenvalue weighted by Gasteiger charge is -2.28. The van der Waals surface area contributed by atoms with Crippen LogP contribution in [0.2, 0.25) is 0 Å². The molecule has 32 heavy (non-hydrogen) atoms. The fourth-order valence-electron chi connectivity index (χ4n) is 4.57. The Hall–Kier alpha value is -2.59. The first kappa shape index (κ1) is 20.0. The molecule has 0 unspecified atom stereocenters. The minimum atomic E-state index is -0.305. The number of benzene rings is 1. The molecule has 2 N–H and O–H groups in total. The van der Waals surface area contributed by atoms with Gasteiger partial charge in [-0.2, -0.15) is 0 Å². The van der Waals surface area contributed by atoms with Gasteiger partial charge >= 0.3 is 0 Å². The Labute approximate surface area is 189 Å². The molecule has 166 valence electrons. The fraction of sp³-hybridized carbons (Fsp3) is 0.391. The fourth-order valence-corrected chi connectivity index (χ4v) is 5.72. The van der Waals surface area contributed by atoms with Gasteiger partial charge in [0.25, 0.3) is 0 Å². The van der Waals surface area contributed by atoms with E-state index >= 15 is 4.39 Å². The molecule has 2 saturated heterocycles. The summed E-state index contributed by atoms with van der Waals surface area (Å²) < 4.78 is 21.7. The van der Waals surface area contributed by atoms with Gasteiger partial charge in [0.15, 0.2) is 11.6 Å². The van der Waals surface area contributed by atoms with Crippen molar-refractivity contribution in [2.75, 3.05) is 57.4 Å². The van der Waals surface area contributed by atoms with Crippen molar-refractivity contribution < 1.29 is 9.13 Å². The van der Waals surface area contributed by atoms with Gasteiger partial charge in [0.2, 0.25) is 0 Å². The van der Waals surface area contributed by atoms with E-state index in [2.05, 4.69) is 26.2 Å². The minimum absolute atomic E-state index is 0.305. The highest BCUT2D eigenvalue weighted by Crippen LogP contribution is 2.37. The molecule has 0 radical (unpaired) electrons. The third-order valence-electron chi connectivity index (χ3n) is 6.21. The maximum atomic E-state index is 15.0. The number of morpholine rings is 1. The number of fused-ring (bicyclic) bond motifs is 2. The maximum absolute atomic E-state index is 15.0. The Bertz CT molecular complexity index is 1260. The molecular weight excluding hydrogens is 427 g/mol. The average Bonchev–Trinajstić information content (AvgIpc) is 3.46. The van der Waals surface area contributed by atoms with Crippen LogP contribution in [-0.2, 0) is 11.3 Å². The van der Waals surface area contributed by atoms with Crippen molar-refractivity contribution >= 4 is 38.3 Å². The molecule has 6 rings (SSSR count). The number of nitrogens with one attached hydrogen (secondary N) is 2. The van der Waals surface area contributed by atoms with E-state index < -0.39 is 0 Å². The number of hydrogen-bond donors (Lipinski definition) is 2. The first-order valence-electron chi connectivity index (χ1n) is 11.1. The zero-order valence-electron chi connectivity index (χ0n) is 17.7. The van der Waals surface area contributed by atoms with Crippen LogP contribution in [0.15, 0.2) is 30.5 Å². The Kier molecular flexibility index (Phi) is 5.26. The number of piperazine rings is 1. The number of hydrogen-bond acceptors (Lipinski definition) is 7.